The first-order valence-corrected chi connectivity index (χ1v) is 19.3. The fourth-order valence-corrected chi connectivity index (χ4v) is 5.89. The molecule has 0 aromatic carbocycles. The first-order chi connectivity index (χ1) is 21.8. The van der Waals surface area contributed by atoms with Crippen LogP contribution in [0.15, 0.2) is 48.6 Å². The Balaban J connectivity index is 1.90. The molecule has 0 N–H and O–H groups in total. The van der Waals surface area contributed by atoms with Crippen LogP contribution in [-0.4, -0.2) is 50.5 Å². The van der Waals surface area contributed by atoms with Gasteiger partial charge in [-0.1, -0.05) is 140 Å². The van der Waals surface area contributed by atoms with Gasteiger partial charge in [-0.3, -0.25) is 0 Å². The second-order valence-electron chi connectivity index (χ2n) is 13.2. The topological polar surface area (TPSA) is 21.7 Å². The lowest BCUT2D eigenvalue weighted by molar-refractivity contribution is -0.0481. The number of unbranched alkanes of at least 4 members (excludes halogenated alkanes) is 18. The SMILES string of the molecule is CCCCC/C=C\C/C=C\CCCCCCCCOC1CN(C)C[C@H]1OCCCCCCCC/C=C\C/C=C\CCCCC. The highest BCUT2D eigenvalue weighted by Gasteiger charge is 2.32. The molecule has 0 radical (unpaired) electrons. The van der Waals surface area contributed by atoms with Gasteiger partial charge in [0.1, 0.15) is 0 Å². The Labute approximate surface area is 276 Å². The number of likely N-dealkylation sites (N-methyl/N-ethyl adjacent to an activating group) is 1. The number of likely N-dealkylation sites (tertiary alicyclic amines) is 1. The van der Waals surface area contributed by atoms with Crippen molar-refractivity contribution < 1.29 is 9.47 Å². The maximum Gasteiger partial charge on any atom is 0.0975 e. The lowest BCUT2D eigenvalue weighted by atomic mass is 10.1. The Kier molecular flexibility index (Phi) is 30.8. The summed E-state index contributed by atoms with van der Waals surface area (Å²) >= 11 is 0. The average Bonchev–Trinajstić information content (AvgIpc) is 3.38. The number of hydrogen-bond acceptors (Lipinski definition) is 3. The van der Waals surface area contributed by atoms with Gasteiger partial charge in [-0.2, -0.15) is 0 Å². The van der Waals surface area contributed by atoms with E-state index in [1.165, 1.54) is 141 Å². The van der Waals surface area contributed by atoms with Crippen LogP contribution in [0.3, 0.4) is 0 Å². The fraction of sp³-hybridized carbons (Fsp3) is 0.805. The molecule has 0 spiro atoms. The van der Waals surface area contributed by atoms with Crippen molar-refractivity contribution in [2.75, 3.05) is 33.4 Å². The maximum atomic E-state index is 6.30. The minimum absolute atomic E-state index is 0.252. The van der Waals surface area contributed by atoms with Crippen molar-refractivity contribution in [1.29, 1.82) is 0 Å². The molecule has 2 atom stereocenters. The number of hydrogen-bond donors (Lipinski definition) is 0. The summed E-state index contributed by atoms with van der Waals surface area (Å²) < 4.78 is 12.6. The highest BCUT2D eigenvalue weighted by Crippen LogP contribution is 2.18. The molecular formula is C41H75NO2. The summed E-state index contributed by atoms with van der Waals surface area (Å²) in [6.07, 6.45) is 50.2. The summed E-state index contributed by atoms with van der Waals surface area (Å²) in [4.78, 5) is 2.37. The van der Waals surface area contributed by atoms with Gasteiger partial charge in [0.2, 0.25) is 0 Å². The normalized spacial score (nSPS) is 18.0. The zero-order chi connectivity index (χ0) is 31.6. The van der Waals surface area contributed by atoms with Crippen molar-refractivity contribution in [2.45, 2.75) is 180 Å². The molecule has 0 aliphatic carbocycles. The van der Waals surface area contributed by atoms with Crippen molar-refractivity contribution in [3.63, 3.8) is 0 Å². The van der Waals surface area contributed by atoms with E-state index >= 15 is 0 Å². The molecule has 0 bridgehead atoms. The van der Waals surface area contributed by atoms with Crippen LogP contribution < -0.4 is 0 Å². The van der Waals surface area contributed by atoms with Crippen molar-refractivity contribution in [1.82, 2.24) is 4.90 Å². The lowest BCUT2D eigenvalue weighted by Crippen LogP contribution is -2.30. The number of rotatable bonds is 32. The third-order valence-electron chi connectivity index (χ3n) is 8.75. The van der Waals surface area contributed by atoms with Gasteiger partial charge in [0.05, 0.1) is 12.2 Å². The van der Waals surface area contributed by atoms with E-state index in [-0.39, 0.29) is 12.2 Å². The molecule has 0 amide bonds. The first kappa shape index (κ1) is 40.9. The Morgan fingerprint density at radius 3 is 1.11 bits per heavy atom. The second kappa shape index (κ2) is 33.2. The summed E-state index contributed by atoms with van der Waals surface area (Å²) in [5.74, 6) is 0. The van der Waals surface area contributed by atoms with Crippen LogP contribution in [0.5, 0.6) is 0 Å². The molecule has 1 heterocycles. The highest BCUT2D eigenvalue weighted by molar-refractivity contribution is 4.93. The van der Waals surface area contributed by atoms with Crippen molar-refractivity contribution in [3.8, 4) is 0 Å². The van der Waals surface area contributed by atoms with Crippen molar-refractivity contribution in [3.05, 3.63) is 48.6 Å². The summed E-state index contributed by atoms with van der Waals surface area (Å²) in [7, 11) is 2.20. The molecule has 0 saturated carbocycles. The van der Waals surface area contributed by atoms with Crippen LogP contribution in [-0.2, 0) is 9.47 Å². The zero-order valence-corrected chi connectivity index (χ0v) is 29.8. The monoisotopic (exact) mass is 614 g/mol. The van der Waals surface area contributed by atoms with E-state index in [0.29, 0.717) is 0 Å². The molecule has 1 fully saturated rings. The van der Waals surface area contributed by atoms with Crippen LogP contribution >= 0.6 is 0 Å². The molecule has 1 aliphatic heterocycles. The molecule has 1 unspecified atom stereocenters. The van der Waals surface area contributed by atoms with Crippen molar-refractivity contribution >= 4 is 0 Å². The smallest absolute Gasteiger partial charge is 0.0975 e. The standard InChI is InChI=1S/C41H75NO2/c1-4-6-8-10-12-14-16-18-20-22-24-26-28-30-32-34-36-43-40-38-42(3)39-41(40)44-37-35-33-31-29-27-25-23-21-19-17-15-13-11-9-7-5-2/h12-15,18-21,40-41H,4-11,16-17,22-39H2,1-3H3/b14-12-,15-13-,20-18-,21-19-/t40-,41?/m1/s1. The molecule has 1 rings (SSSR count). The molecule has 0 aromatic heterocycles. The Morgan fingerprint density at radius 1 is 0.432 bits per heavy atom. The van der Waals surface area contributed by atoms with Gasteiger partial charge >= 0.3 is 0 Å². The maximum absolute atomic E-state index is 6.30. The summed E-state index contributed by atoms with van der Waals surface area (Å²) in [6.45, 7) is 8.33. The van der Waals surface area contributed by atoms with Crippen LogP contribution in [0.25, 0.3) is 0 Å². The van der Waals surface area contributed by atoms with Crippen LogP contribution in [0, 0.1) is 0 Å². The van der Waals surface area contributed by atoms with Crippen LogP contribution in [0.4, 0.5) is 0 Å². The third-order valence-corrected chi connectivity index (χ3v) is 8.75. The highest BCUT2D eigenvalue weighted by atomic mass is 16.5. The van der Waals surface area contributed by atoms with E-state index in [9.17, 15) is 0 Å². The van der Waals surface area contributed by atoms with E-state index in [0.717, 1.165) is 39.1 Å². The van der Waals surface area contributed by atoms with Gasteiger partial charge in [0.25, 0.3) is 0 Å². The molecular weight excluding hydrogens is 538 g/mol. The van der Waals surface area contributed by atoms with E-state index in [1.807, 2.05) is 0 Å². The van der Waals surface area contributed by atoms with Gasteiger partial charge < -0.3 is 14.4 Å². The predicted molar refractivity (Wildman–Crippen MR) is 196 cm³/mol. The zero-order valence-electron chi connectivity index (χ0n) is 29.8. The fourth-order valence-electron chi connectivity index (χ4n) is 5.89. The molecule has 3 heteroatoms. The molecule has 44 heavy (non-hydrogen) atoms. The second-order valence-corrected chi connectivity index (χ2v) is 13.2. The van der Waals surface area contributed by atoms with E-state index < -0.39 is 0 Å². The number of nitrogens with zero attached hydrogens (tertiary/aromatic N) is 1. The largest absolute Gasteiger partial charge is 0.374 e. The Hall–Kier alpha value is -1.16. The van der Waals surface area contributed by atoms with Gasteiger partial charge in [0.15, 0.2) is 0 Å². The van der Waals surface area contributed by atoms with E-state index in [2.05, 4.69) is 74.4 Å². The van der Waals surface area contributed by atoms with Gasteiger partial charge in [0, 0.05) is 26.3 Å². The quantitative estimate of drug-likeness (QED) is 0.0556. The average molecular weight is 614 g/mol. The molecule has 1 saturated heterocycles. The summed E-state index contributed by atoms with van der Waals surface area (Å²) in [6, 6.07) is 0. The van der Waals surface area contributed by atoms with Crippen LogP contribution in [0.1, 0.15) is 168 Å². The van der Waals surface area contributed by atoms with Gasteiger partial charge in [-0.25, -0.2) is 0 Å². The summed E-state index contributed by atoms with van der Waals surface area (Å²) in [5.41, 5.74) is 0. The van der Waals surface area contributed by atoms with Gasteiger partial charge in [-0.05, 0) is 84.1 Å². The number of ether oxygens (including phenoxy) is 2. The Morgan fingerprint density at radius 2 is 0.750 bits per heavy atom. The van der Waals surface area contributed by atoms with Gasteiger partial charge in [-0.15, -0.1) is 0 Å². The molecule has 1 aliphatic rings. The molecule has 256 valence electrons. The van der Waals surface area contributed by atoms with Crippen LogP contribution in [0.2, 0.25) is 0 Å². The first-order valence-electron chi connectivity index (χ1n) is 19.3. The number of allylic oxidation sites excluding steroid dienone is 8. The lowest BCUT2D eigenvalue weighted by Gasteiger charge is -2.20. The summed E-state index contributed by atoms with van der Waals surface area (Å²) in [5, 5.41) is 0. The van der Waals surface area contributed by atoms with E-state index in [1.54, 1.807) is 0 Å². The predicted octanol–water partition coefficient (Wildman–Crippen LogP) is 12.3. The minimum Gasteiger partial charge on any atom is -0.374 e. The Bertz CT molecular complexity index is 639. The van der Waals surface area contributed by atoms with E-state index in [4.69, 9.17) is 9.47 Å². The molecule has 3 nitrogen and oxygen atoms in total. The minimum atomic E-state index is 0.252. The third kappa shape index (κ3) is 27.2. The molecule has 0 aromatic rings. The van der Waals surface area contributed by atoms with Crippen molar-refractivity contribution in [2.24, 2.45) is 0 Å².